The summed E-state index contributed by atoms with van der Waals surface area (Å²) in [7, 11) is 0. The standard InChI is InChI=1S/C19H15N3OS/c20-19-22(10-11-24-19)12-16(23)17-14-8-4-5-9-15(14)21-18(17)13-6-2-1-3-7-13/h1-11,20-21H,12H2. The van der Waals surface area contributed by atoms with Gasteiger partial charge in [0.15, 0.2) is 10.6 Å². The van der Waals surface area contributed by atoms with Crippen molar-refractivity contribution in [1.82, 2.24) is 9.55 Å². The molecular weight excluding hydrogens is 318 g/mol. The van der Waals surface area contributed by atoms with Crippen molar-refractivity contribution in [1.29, 1.82) is 5.41 Å². The number of carbonyl (C=O) groups is 1. The molecule has 0 amide bonds. The highest BCUT2D eigenvalue weighted by molar-refractivity contribution is 7.06. The van der Waals surface area contributed by atoms with Gasteiger partial charge in [0.05, 0.1) is 17.8 Å². The topological polar surface area (TPSA) is 61.6 Å². The smallest absolute Gasteiger partial charge is 0.185 e. The maximum absolute atomic E-state index is 13.0. The molecule has 0 atom stereocenters. The van der Waals surface area contributed by atoms with Crippen LogP contribution in [0.3, 0.4) is 0 Å². The van der Waals surface area contributed by atoms with Crippen LogP contribution in [0.2, 0.25) is 0 Å². The van der Waals surface area contributed by atoms with E-state index in [1.165, 1.54) is 11.3 Å². The number of Topliss-reactive ketones (excluding diaryl/α,β-unsaturated/α-hetero) is 1. The highest BCUT2D eigenvalue weighted by atomic mass is 32.1. The van der Waals surface area contributed by atoms with E-state index in [1.807, 2.05) is 60.0 Å². The Kier molecular flexibility index (Phi) is 3.63. The first-order chi connectivity index (χ1) is 11.7. The number of carbonyl (C=O) groups excluding carboxylic acids is 1. The Morgan fingerprint density at radius 1 is 1.08 bits per heavy atom. The first-order valence-electron chi connectivity index (χ1n) is 7.62. The van der Waals surface area contributed by atoms with E-state index < -0.39 is 0 Å². The summed E-state index contributed by atoms with van der Waals surface area (Å²) in [6, 6.07) is 17.7. The van der Waals surface area contributed by atoms with Gasteiger partial charge < -0.3 is 9.55 Å². The maximum atomic E-state index is 13.0. The summed E-state index contributed by atoms with van der Waals surface area (Å²) in [5, 5.41) is 10.6. The van der Waals surface area contributed by atoms with Crippen LogP contribution in [0, 0.1) is 5.41 Å². The lowest BCUT2D eigenvalue weighted by atomic mass is 10.0. The van der Waals surface area contributed by atoms with E-state index in [-0.39, 0.29) is 12.3 Å². The third-order valence-electron chi connectivity index (χ3n) is 4.04. The van der Waals surface area contributed by atoms with Gasteiger partial charge in [-0.3, -0.25) is 10.2 Å². The van der Waals surface area contributed by atoms with Gasteiger partial charge in [-0.2, -0.15) is 0 Å². The Hall–Kier alpha value is -2.92. The van der Waals surface area contributed by atoms with Crippen LogP contribution in [-0.4, -0.2) is 15.3 Å². The zero-order chi connectivity index (χ0) is 16.5. The molecule has 2 N–H and O–H groups in total. The van der Waals surface area contributed by atoms with Crippen molar-refractivity contribution in [2.24, 2.45) is 0 Å². The quantitative estimate of drug-likeness (QED) is 0.544. The molecule has 2 aromatic carbocycles. The SMILES string of the molecule is N=c1sccn1CC(=O)c1c(-c2ccccc2)[nH]c2ccccc12. The van der Waals surface area contributed by atoms with Crippen LogP contribution in [0.4, 0.5) is 0 Å². The van der Waals surface area contributed by atoms with E-state index in [9.17, 15) is 4.79 Å². The fourth-order valence-corrected chi connectivity index (χ4v) is 3.51. The molecule has 118 valence electrons. The monoisotopic (exact) mass is 333 g/mol. The number of ketones is 1. The van der Waals surface area contributed by atoms with Crippen LogP contribution in [0.1, 0.15) is 10.4 Å². The van der Waals surface area contributed by atoms with Crippen LogP contribution in [-0.2, 0) is 6.54 Å². The molecule has 0 aliphatic heterocycles. The highest BCUT2D eigenvalue weighted by Gasteiger charge is 2.19. The molecule has 5 heteroatoms. The lowest BCUT2D eigenvalue weighted by Gasteiger charge is -2.06. The molecule has 0 aliphatic carbocycles. The maximum Gasteiger partial charge on any atom is 0.185 e. The molecule has 4 rings (SSSR count). The van der Waals surface area contributed by atoms with Crippen molar-refractivity contribution < 1.29 is 4.79 Å². The summed E-state index contributed by atoms with van der Waals surface area (Å²) in [5.41, 5.74) is 3.46. The van der Waals surface area contributed by atoms with Gasteiger partial charge in [-0.05, 0) is 11.6 Å². The normalized spacial score (nSPS) is 11.0. The Balaban J connectivity index is 1.88. The number of nitrogens with zero attached hydrogens (tertiary/aromatic N) is 1. The first-order valence-corrected chi connectivity index (χ1v) is 8.50. The highest BCUT2D eigenvalue weighted by Crippen LogP contribution is 2.30. The van der Waals surface area contributed by atoms with E-state index in [0.717, 1.165) is 22.2 Å². The molecule has 0 bridgehead atoms. The van der Waals surface area contributed by atoms with E-state index >= 15 is 0 Å². The van der Waals surface area contributed by atoms with Crippen molar-refractivity contribution >= 4 is 28.0 Å². The molecule has 0 spiro atoms. The molecule has 4 nitrogen and oxygen atoms in total. The van der Waals surface area contributed by atoms with Crippen molar-refractivity contribution in [2.75, 3.05) is 0 Å². The number of thiazole rings is 1. The minimum atomic E-state index is 0.00297. The number of aromatic nitrogens is 2. The number of hydrogen-bond donors (Lipinski definition) is 2. The Morgan fingerprint density at radius 2 is 1.83 bits per heavy atom. The van der Waals surface area contributed by atoms with Crippen molar-refractivity contribution in [3.8, 4) is 11.3 Å². The van der Waals surface area contributed by atoms with Gasteiger partial charge in [-0.25, -0.2) is 0 Å². The third-order valence-corrected chi connectivity index (χ3v) is 4.76. The Morgan fingerprint density at radius 3 is 2.58 bits per heavy atom. The van der Waals surface area contributed by atoms with Crippen molar-refractivity contribution in [3.63, 3.8) is 0 Å². The fourth-order valence-electron chi connectivity index (χ4n) is 2.91. The summed E-state index contributed by atoms with van der Waals surface area (Å²) < 4.78 is 1.67. The zero-order valence-electron chi connectivity index (χ0n) is 12.8. The number of para-hydroxylation sites is 1. The van der Waals surface area contributed by atoms with Gasteiger partial charge in [-0.1, -0.05) is 48.5 Å². The molecule has 4 aromatic rings. The van der Waals surface area contributed by atoms with Gasteiger partial charge in [0.25, 0.3) is 0 Å². The fraction of sp³-hybridized carbons (Fsp3) is 0.0526. The van der Waals surface area contributed by atoms with Gasteiger partial charge in [0, 0.05) is 22.5 Å². The second-order valence-electron chi connectivity index (χ2n) is 5.55. The van der Waals surface area contributed by atoms with Gasteiger partial charge in [0.2, 0.25) is 0 Å². The number of aromatic amines is 1. The first kappa shape index (κ1) is 14.7. The molecule has 2 aromatic heterocycles. The number of rotatable bonds is 4. The minimum Gasteiger partial charge on any atom is -0.354 e. The third kappa shape index (κ3) is 2.49. The second-order valence-corrected chi connectivity index (χ2v) is 6.44. The largest absolute Gasteiger partial charge is 0.354 e. The van der Waals surface area contributed by atoms with E-state index in [4.69, 9.17) is 5.41 Å². The summed E-state index contributed by atoms with van der Waals surface area (Å²) in [6.07, 6.45) is 1.78. The second kappa shape index (κ2) is 5.94. The molecule has 0 saturated heterocycles. The lowest BCUT2D eigenvalue weighted by molar-refractivity contribution is 0.0973. The molecule has 0 unspecified atom stereocenters. The molecule has 2 heterocycles. The summed E-state index contributed by atoms with van der Waals surface area (Å²) in [5.74, 6) is 0.00297. The number of H-pyrrole nitrogens is 1. The number of fused-ring (bicyclic) bond motifs is 1. The van der Waals surface area contributed by atoms with Gasteiger partial charge in [-0.15, -0.1) is 11.3 Å². The number of nitrogens with one attached hydrogen (secondary N) is 2. The van der Waals surface area contributed by atoms with E-state index in [2.05, 4.69) is 4.98 Å². The van der Waals surface area contributed by atoms with Crippen LogP contribution >= 0.6 is 11.3 Å². The predicted molar refractivity (Wildman–Crippen MR) is 96.2 cm³/mol. The summed E-state index contributed by atoms with van der Waals surface area (Å²) in [6.45, 7) is 0.171. The zero-order valence-corrected chi connectivity index (χ0v) is 13.6. The molecule has 24 heavy (non-hydrogen) atoms. The number of hydrogen-bond acceptors (Lipinski definition) is 3. The molecule has 0 saturated carbocycles. The average molecular weight is 333 g/mol. The van der Waals surface area contributed by atoms with Gasteiger partial charge >= 0.3 is 0 Å². The lowest BCUT2D eigenvalue weighted by Crippen LogP contribution is -2.19. The average Bonchev–Trinajstić information content (AvgIpc) is 3.19. The molecule has 0 fully saturated rings. The predicted octanol–water partition coefficient (Wildman–Crippen LogP) is 4.06. The molecule has 0 aliphatic rings. The van der Waals surface area contributed by atoms with Crippen LogP contribution in [0.5, 0.6) is 0 Å². The van der Waals surface area contributed by atoms with Crippen LogP contribution in [0.25, 0.3) is 22.2 Å². The summed E-state index contributed by atoms with van der Waals surface area (Å²) in [4.78, 5) is 16.8. The van der Waals surface area contributed by atoms with E-state index in [1.54, 1.807) is 10.8 Å². The minimum absolute atomic E-state index is 0.00297. The van der Waals surface area contributed by atoms with E-state index in [0.29, 0.717) is 10.4 Å². The van der Waals surface area contributed by atoms with Crippen LogP contribution in [0.15, 0.2) is 66.2 Å². The van der Waals surface area contributed by atoms with Crippen molar-refractivity contribution in [3.05, 3.63) is 76.5 Å². The molecule has 0 radical (unpaired) electrons. The Labute approximate surface area is 142 Å². The number of benzene rings is 2. The molecular formula is C19H15N3OS. The van der Waals surface area contributed by atoms with Crippen molar-refractivity contribution in [2.45, 2.75) is 6.54 Å². The Bertz CT molecular complexity index is 1070. The van der Waals surface area contributed by atoms with Gasteiger partial charge in [0.1, 0.15) is 0 Å². The van der Waals surface area contributed by atoms with Crippen LogP contribution < -0.4 is 4.80 Å². The summed E-state index contributed by atoms with van der Waals surface area (Å²) >= 11 is 1.32.